The van der Waals surface area contributed by atoms with Crippen LogP contribution in [0.15, 0.2) is 30.3 Å². The van der Waals surface area contributed by atoms with Crippen LogP contribution in [0.25, 0.3) is 0 Å². The Balaban J connectivity index is 1.88. The molecule has 0 heterocycles. The van der Waals surface area contributed by atoms with E-state index in [0.717, 1.165) is 18.4 Å². The monoisotopic (exact) mass is 204 g/mol. The van der Waals surface area contributed by atoms with E-state index in [2.05, 4.69) is 0 Å². The maximum atomic E-state index is 11.9. The maximum absolute atomic E-state index is 11.9. The van der Waals surface area contributed by atoms with Gasteiger partial charge in [0.25, 0.3) is 0 Å². The highest BCUT2D eigenvalue weighted by atomic mass is 16.5. The van der Waals surface area contributed by atoms with Crippen LogP contribution in [0.2, 0.25) is 0 Å². The number of nitrogens with zero attached hydrogens (tertiary/aromatic N) is 1. The molecular formula is C13H18NO-. The van der Waals surface area contributed by atoms with E-state index in [9.17, 15) is 5.21 Å². The second-order valence-electron chi connectivity index (χ2n) is 4.35. The fourth-order valence-electron chi connectivity index (χ4n) is 2.26. The Labute approximate surface area is 91.5 Å². The van der Waals surface area contributed by atoms with Gasteiger partial charge in [-0.3, -0.25) is 0 Å². The Morgan fingerprint density at radius 2 is 1.73 bits per heavy atom. The van der Waals surface area contributed by atoms with Gasteiger partial charge in [0.2, 0.25) is 0 Å². The van der Waals surface area contributed by atoms with E-state index in [0.29, 0.717) is 6.54 Å². The van der Waals surface area contributed by atoms with E-state index in [-0.39, 0.29) is 6.04 Å². The van der Waals surface area contributed by atoms with Crippen molar-refractivity contribution < 1.29 is 0 Å². The molecule has 0 bridgehead atoms. The minimum Gasteiger partial charge on any atom is -0.785 e. The molecular weight excluding hydrogens is 186 g/mol. The summed E-state index contributed by atoms with van der Waals surface area (Å²) in [5, 5.41) is 13.2. The zero-order chi connectivity index (χ0) is 10.5. The molecule has 0 amide bonds. The summed E-state index contributed by atoms with van der Waals surface area (Å²) < 4.78 is 0. The molecule has 1 aromatic carbocycles. The number of hydrogen-bond donors (Lipinski definition) is 0. The molecule has 0 saturated heterocycles. The van der Waals surface area contributed by atoms with Crippen LogP contribution in [0.5, 0.6) is 0 Å². The van der Waals surface area contributed by atoms with Gasteiger partial charge in [0.05, 0.1) is 0 Å². The highest BCUT2D eigenvalue weighted by Crippen LogP contribution is 2.23. The molecule has 0 radical (unpaired) electrons. The SMILES string of the molecule is [O-]N(Cc1ccccc1)C1CCCCC1. The summed E-state index contributed by atoms with van der Waals surface area (Å²) in [5.74, 6) is 0. The topological polar surface area (TPSA) is 26.3 Å². The van der Waals surface area contributed by atoms with Gasteiger partial charge in [-0.2, -0.15) is 0 Å². The fourth-order valence-corrected chi connectivity index (χ4v) is 2.26. The molecule has 0 aliphatic heterocycles. The van der Waals surface area contributed by atoms with Crippen LogP contribution in [0.4, 0.5) is 0 Å². The van der Waals surface area contributed by atoms with Gasteiger partial charge in [0.1, 0.15) is 0 Å². The van der Waals surface area contributed by atoms with Gasteiger partial charge in [0.15, 0.2) is 0 Å². The van der Waals surface area contributed by atoms with Crippen LogP contribution in [0.1, 0.15) is 37.7 Å². The summed E-state index contributed by atoms with van der Waals surface area (Å²) in [6.07, 6.45) is 5.90. The van der Waals surface area contributed by atoms with E-state index < -0.39 is 0 Å². The van der Waals surface area contributed by atoms with E-state index in [1.807, 2.05) is 30.3 Å². The molecule has 0 N–H and O–H groups in total. The van der Waals surface area contributed by atoms with Crippen molar-refractivity contribution in [3.05, 3.63) is 41.1 Å². The van der Waals surface area contributed by atoms with Gasteiger partial charge in [-0.25, -0.2) is 0 Å². The third-order valence-corrected chi connectivity index (χ3v) is 3.16. The third-order valence-electron chi connectivity index (χ3n) is 3.16. The first kappa shape index (κ1) is 10.7. The normalized spacial score (nSPS) is 18.3. The lowest BCUT2D eigenvalue weighted by Gasteiger charge is -2.39. The predicted molar refractivity (Wildman–Crippen MR) is 62.2 cm³/mol. The Bertz CT molecular complexity index is 280. The Hall–Kier alpha value is -0.860. The van der Waals surface area contributed by atoms with Crippen LogP contribution in [-0.2, 0) is 6.54 Å². The molecule has 2 heteroatoms. The molecule has 1 saturated carbocycles. The minimum absolute atomic E-state index is 0.263. The molecule has 1 aliphatic rings. The predicted octanol–water partition coefficient (Wildman–Crippen LogP) is 3.32. The van der Waals surface area contributed by atoms with E-state index in [4.69, 9.17) is 0 Å². The van der Waals surface area contributed by atoms with Gasteiger partial charge in [0, 0.05) is 6.54 Å². The molecule has 2 nitrogen and oxygen atoms in total. The first-order chi connectivity index (χ1) is 7.36. The zero-order valence-electron chi connectivity index (χ0n) is 9.06. The average molecular weight is 204 g/mol. The van der Waals surface area contributed by atoms with Gasteiger partial charge < -0.3 is 10.3 Å². The molecule has 1 fully saturated rings. The third kappa shape index (κ3) is 3.05. The minimum atomic E-state index is 0.263. The molecule has 1 aromatic rings. The molecule has 15 heavy (non-hydrogen) atoms. The second-order valence-corrected chi connectivity index (χ2v) is 4.35. The van der Waals surface area contributed by atoms with Crippen molar-refractivity contribution in [2.24, 2.45) is 0 Å². The molecule has 0 unspecified atom stereocenters. The van der Waals surface area contributed by atoms with Crippen molar-refractivity contribution in [3.8, 4) is 0 Å². The lowest BCUT2D eigenvalue weighted by Crippen LogP contribution is -2.31. The van der Waals surface area contributed by atoms with Crippen molar-refractivity contribution in [1.29, 1.82) is 0 Å². The molecule has 0 aromatic heterocycles. The smallest absolute Gasteiger partial charge is 0.0116 e. The average Bonchev–Trinajstić information content (AvgIpc) is 2.31. The van der Waals surface area contributed by atoms with E-state index in [1.54, 1.807) is 0 Å². The van der Waals surface area contributed by atoms with Crippen LogP contribution in [0.3, 0.4) is 0 Å². The molecule has 0 spiro atoms. The van der Waals surface area contributed by atoms with Crippen molar-refractivity contribution in [2.75, 3.05) is 0 Å². The lowest BCUT2D eigenvalue weighted by atomic mass is 9.95. The van der Waals surface area contributed by atoms with Crippen LogP contribution >= 0.6 is 0 Å². The summed E-state index contributed by atoms with van der Waals surface area (Å²) in [7, 11) is 0. The molecule has 0 atom stereocenters. The van der Waals surface area contributed by atoms with Gasteiger partial charge in [-0.1, -0.05) is 49.6 Å². The van der Waals surface area contributed by atoms with Crippen molar-refractivity contribution in [2.45, 2.75) is 44.7 Å². The Morgan fingerprint density at radius 3 is 2.40 bits per heavy atom. The first-order valence-corrected chi connectivity index (χ1v) is 5.84. The van der Waals surface area contributed by atoms with E-state index in [1.165, 1.54) is 24.3 Å². The maximum Gasteiger partial charge on any atom is 0.0116 e. The fraction of sp³-hybridized carbons (Fsp3) is 0.538. The largest absolute Gasteiger partial charge is 0.785 e. The zero-order valence-corrected chi connectivity index (χ0v) is 9.06. The highest BCUT2D eigenvalue weighted by molar-refractivity contribution is 5.14. The number of benzene rings is 1. The van der Waals surface area contributed by atoms with Gasteiger partial charge in [-0.05, 0) is 24.4 Å². The van der Waals surface area contributed by atoms with Crippen molar-refractivity contribution >= 4 is 0 Å². The Kier molecular flexibility index (Phi) is 3.75. The number of hydrogen-bond acceptors (Lipinski definition) is 2. The van der Waals surface area contributed by atoms with Gasteiger partial charge >= 0.3 is 0 Å². The lowest BCUT2D eigenvalue weighted by molar-refractivity contribution is 0.211. The van der Waals surface area contributed by atoms with Crippen LogP contribution in [0, 0.1) is 5.21 Å². The number of rotatable bonds is 3. The first-order valence-electron chi connectivity index (χ1n) is 5.84. The summed E-state index contributed by atoms with van der Waals surface area (Å²) in [6.45, 7) is 0.547. The highest BCUT2D eigenvalue weighted by Gasteiger charge is 2.14. The summed E-state index contributed by atoms with van der Waals surface area (Å²) in [4.78, 5) is 0. The molecule has 82 valence electrons. The van der Waals surface area contributed by atoms with Crippen LogP contribution < -0.4 is 0 Å². The van der Waals surface area contributed by atoms with Crippen molar-refractivity contribution in [3.63, 3.8) is 0 Å². The summed E-state index contributed by atoms with van der Waals surface area (Å²) in [6, 6.07) is 10.3. The molecule has 1 aliphatic carbocycles. The van der Waals surface area contributed by atoms with Crippen LogP contribution in [-0.4, -0.2) is 11.1 Å². The number of hydroxylamine groups is 2. The molecule has 2 rings (SSSR count). The quantitative estimate of drug-likeness (QED) is 0.706. The summed E-state index contributed by atoms with van der Waals surface area (Å²) >= 11 is 0. The van der Waals surface area contributed by atoms with E-state index >= 15 is 0 Å². The van der Waals surface area contributed by atoms with Gasteiger partial charge in [-0.15, -0.1) is 0 Å². The summed E-state index contributed by atoms with van der Waals surface area (Å²) in [5.41, 5.74) is 1.12. The standard InChI is InChI=1S/C13H18NO/c15-14(13-9-5-2-6-10-13)11-12-7-3-1-4-8-12/h1,3-4,7-8,13H,2,5-6,9-11H2/q-1. The second kappa shape index (κ2) is 5.29. The Morgan fingerprint density at radius 1 is 1.07 bits per heavy atom. The van der Waals surface area contributed by atoms with Crippen molar-refractivity contribution in [1.82, 2.24) is 5.06 Å².